The molecule has 31 heavy (non-hydrogen) atoms. The highest BCUT2D eigenvalue weighted by Crippen LogP contribution is 2.45. The molecule has 0 radical (unpaired) electrons. The average Bonchev–Trinajstić information content (AvgIpc) is 3.40. The monoisotopic (exact) mass is 435 g/mol. The van der Waals surface area contributed by atoms with Crippen LogP contribution in [0.3, 0.4) is 0 Å². The molecule has 158 valence electrons. The van der Waals surface area contributed by atoms with Crippen molar-refractivity contribution in [1.82, 2.24) is 0 Å². The van der Waals surface area contributed by atoms with Crippen molar-refractivity contribution in [2.24, 2.45) is 16.9 Å². The fourth-order valence-electron chi connectivity index (χ4n) is 5.45. The molecule has 6 nitrogen and oxygen atoms in total. The lowest BCUT2D eigenvalue weighted by atomic mass is 9.75. The smallest absolute Gasteiger partial charge is 0.449 e. The summed E-state index contributed by atoms with van der Waals surface area (Å²) in [5.74, 6) is 1.22. The Kier molecular flexibility index (Phi) is 5.07. The fraction of sp³-hybridized carbons (Fsp3) is 0.375. The fourth-order valence-corrected chi connectivity index (χ4v) is 5.66. The van der Waals surface area contributed by atoms with E-state index in [2.05, 4.69) is 11.1 Å². The zero-order chi connectivity index (χ0) is 21.5. The maximum Gasteiger partial charge on any atom is 0.511 e. The van der Waals surface area contributed by atoms with E-state index in [9.17, 15) is 10.1 Å². The highest BCUT2D eigenvalue weighted by Gasteiger charge is 2.45. The van der Waals surface area contributed by atoms with E-state index in [1.165, 1.54) is 25.7 Å². The molecule has 2 aromatic rings. The summed E-state index contributed by atoms with van der Waals surface area (Å²) in [5, 5.41) is 25.8. The molecule has 7 heteroatoms. The number of hydrazone groups is 1. The molecule has 2 unspecified atom stereocenters. The van der Waals surface area contributed by atoms with E-state index >= 15 is 0 Å². The number of nitrogens with zero attached hydrogens (tertiary/aromatic N) is 3. The van der Waals surface area contributed by atoms with Crippen molar-refractivity contribution in [3.05, 3.63) is 58.1 Å². The number of fused-ring (bicyclic) bond motifs is 3. The van der Waals surface area contributed by atoms with Crippen molar-refractivity contribution in [3.63, 3.8) is 0 Å². The van der Waals surface area contributed by atoms with E-state index < -0.39 is 6.16 Å². The molecule has 1 N–H and O–H groups in total. The third-order valence-electron chi connectivity index (χ3n) is 6.76. The molecule has 2 aromatic carbocycles. The number of halogens is 1. The first-order valence-corrected chi connectivity index (χ1v) is 11.0. The summed E-state index contributed by atoms with van der Waals surface area (Å²) in [4.78, 5) is 10.9. The summed E-state index contributed by atoms with van der Waals surface area (Å²) in [6.45, 7) is 0. The van der Waals surface area contributed by atoms with Crippen LogP contribution in [-0.2, 0) is 6.42 Å². The Morgan fingerprint density at radius 3 is 2.71 bits per heavy atom. The van der Waals surface area contributed by atoms with E-state index in [1.54, 1.807) is 12.1 Å². The number of benzene rings is 2. The lowest BCUT2D eigenvalue weighted by Gasteiger charge is -2.34. The van der Waals surface area contributed by atoms with Crippen LogP contribution >= 0.6 is 11.6 Å². The maximum atomic E-state index is 10.9. The molecule has 1 fully saturated rings. The molecule has 1 saturated carbocycles. The third-order valence-corrected chi connectivity index (χ3v) is 7.08. The third kappa shape index (κ3) is 3.53. The Labute approximate surface area is 185 Å². The van der Waals surface area contributed by atoms with Gasteiger partial charge in [-0.25, -0.2) is 4.79 Å². The lowest BCUT2D eigenvalue weighted by molar-refractivity contribution is 0.144. The van der Waals surface area contributed by atoms with Gasteiger partial charge in [0.1, 0.15) is 11.8 Å². The second-order valence-corrected chi connectivity index (χ2v) is 8.88. The lowest BCUT2D eigenvalue weighted by Crippen LogP contribution is -2.40. The van der Waals surface area contributed by atoms with Gasteiger partial charge >= 0.3 is 6.16 Å². The van der Waals surface area contributed by atoms with E-state index in [1.807, 2.05) is 24.3 Å². The summed E-state index contributed by atoms with van der Waals surface area (Å²) >= 11 is 6.35. The number of aryl methyl sites for hydroxylation is 1. The van der Waals surface area contributed by atoms with Crippen LogP contribution in [0, 0.1) is 23.2 Å². The first-order valence-electron chi connectivity index (χ1n) is 10.7. The standard InChI is InChI=1S/C24H22ClN3O3/c25-21-12-17(7-5-16(21)13-26)28-23(14-3-1-2-4-14)20-9-6-15-11-18(31-24(29)30)8-10-19(15)22(20)27-28/h5,7-8,10-12,14,20,23H,1-4,6,9H2,(H,29,30). The van der Waals surface area contributed by atoms with Gasteiger partial charge in [0, 0.05) is 11.5 Å². The minimum atomic E-state index is -1.31. The summed E-state index contributed by atoms with van der Waals surface area (Å²) in [6, 6.07) is 13.4. The Hall–Kier alpha value is -3.04. The number of carbonyl (C=O) groups is 1. The van der Waals surface area contributed by atoms with Gasteiger partial charge in [-0.3, -0.25) is 5.01 Å². The van der Waals surface area contributed by atoms with E-state index in [-0.39, 0.29) is 6.04 Å². The quantitative estimate of drug-likeness (QED) is 0.500. The summed E-state index contributed by atoms with van der Waals surface area (Å²) in [5.41, 5.74) is 4.57. The van der Waals surface area contributed by atoms with E-state index in [0.29, 0.717) is 28.2 Å². The van der Waals surface area contributed by atoms with Gasteiger partial charge in [0.25, 0.3) is 0 Å². The van der Waals surface area contributed by atoms with Gasteiger partial charge in [-0.15, -0.1) is 0 Å². The molecule has 0 bridgehead atoms. The number of hydrogen-bond acceptors (Lipinski definition) is 5. The summed E-state index contributed by atoms with van der Waals surface area (Å²) < 4.78 is 4.84. The molecular formula is C24H22ClN3O3. The van der Waals surface area contributed by atoms with Crippen molar-refractivity contribution in [3.8, 4) is 11.8 Å². The van der Waals surface area contributed by atoms with Gasteiger partial charge in [-0.1, -0.05) is 24.4 Å². The zero-order valence-electron chi connectivity index (χ0n) is 16.9. The normalized spacial score (nSPS) is 22.5. The number of nitriles is 1. The summed E-state index contributed by atoms with van der Waals surface area (Å²) in [6.07, 6.45) is 5.41. The Morgan fingerprint density at radius 1 is 1.19 bits per heavy atom. The molecule has 1 heterocycles. The van der Waals surface area contributed by atoms with E-state index in [0.717, 1.165) is 35.4 Å². The van der Waals surface area contributed by atoms with Crippen molar-refractivity contribution < 1.29 is 14.6 Å². The van der Waals surface area contributed by atoms with Crippen LogP contribution in [0.1, 0.15) is 48.8 Å². The molecule has 2 aliphatic carbocycles. The Balaban J connectivity index is 1.56. The maximum absolute atomic E-state index is 10.9. The minimum absolute atomic E-state index is 0.268. The van der Waals surface area contributed by atoms with Crippen LogP contribution in [0.5, 0.6) is 5.75 Å². The number of rotatable bonds is 3. The van der Waals surface area contributed by atoms with Crippen LogP contribution in [0.4, 0.5) is 10.5 Å². The van der Waals surface area contributed by atoms with Gasteiger partial charge in [-0.05, 0) is 73.6 Å². The van der Waals surface area contributed by atoms with Crippen molar-refractivity contribution in [2.45, 2.75) is 44.6 Å². The van der Waals surface area contributed by atoms with E-state index in [4.69, 9.17) is 26.5 Å². The van der Waals surface area contributed by atoms with Gasteiger partial charge in [0.2, 0.25) is 0 Å². The molecule has 0 spiro atoms. The average molecular weight is 436 g/mol. The van der Waals surface area contributed by atoms with Gasteiger partial charge in [0.05, 0.1) is 28.0 Å². The Morgan fingerprint density at radius 2 is 2.00 bits per heavy atom. The van der Waals surface area contributed by atoms with Crippen molar-refractivity contribution >= 4 is 29.2 Å². The molecule has 0 amide bonds. The van der Waals surface area contributed by atoms with Crippen LogP contribution in [0.15, 0.2) is 41.5 Å². The number of anilines is 1. The molecule has 3 aliphatic rings. The molecule has 5 rings (SSSR count). The number of hydrogen-bond donors (Lipinski definition) is 1. The van der Waals surface area contributed by atoms with Crippen LogP contribution < -0.4 is 9.75 Å². The molecular weight excluding hydrogens is 414 g/mol. The van der Waals surface area contributed by atoms with Crippen molar-refractivity contribution in [1.29, 1.82) is 5.26 Å². The largest absolute Gasteiger partial charge is 0.511 e. The van der Waals surface area contributed by atoms with Gasteiger partial charge < -0.3 is 9.84 Å². The topological polar surface area (TPSA) is 85.9 Å². The molecule has 0 saturated heterocycles. The van der Waals surface area contributed by atoms with Crippen LogP contribution in [0.2, 0.25) is 5.02 Å². The summed E-state index contributed by atoms with van der Waals surface area (Å²) in [7, 11) is 0. The molecule has 2 atom stereocenters. The molecule has 1 aliphatic heterocycles. The zero-order valence-corrected chi connectivity index (χ0v) is 17.7. The number of ether oxygens (including phenoxy) is 1. The van der Waals surface area contributed by atoms with Gasteiger partial charge in [-0.2, -0.15) is 10.4 Å². The highest BCUT2D eigenvalue weighted by molar-refractivity contribution is 6.32. The van der Waals surface area contributed by atoms with Crippen LogP contribution in [-0.4, -0.2) is 23.0 Å². The van der Waals surface area contributed by atoms with Gasteiger partial charge in [0.15, 0.2) is 0 Å². The SMILES string of the molecule is N#Cc1ccc(N2N=C3c4ccc(OC(=O)O)cc4CCC3C2C2CCCC2)cc1Cl. The van der Waals surface area contributed by atoms with Crippen molar-refractivity contribution in [2.75, 3.05) is 5.01 Å². The molecule has 0 aromatic heterocycles. The predicted molar refractivity (Wildman–Crippen MR) is 118 cm³/mol. The predicted octanol–water partition coefficient (Wildman–Crippen LogP) is 5.61. The number of carboxylic acid groups (broad SMARTS) is 1. The second-order valence-electron chi connectivity index (χ2n) is 8.47. The Bertz CT molecular complexity index is 1120. The highest BCUT2D eigenvalue weighted by atomic mass is 35.5. The first kappa shape index (κ1) is 19.9. The van der Waals surface area contributed by atoms with Crippen LogP contribution in [0.25, 0.3) is 0 Å². The second kappa shape index (κ2) is 7.90. The first-order chi connectivity index (χ1) is 15.0. The minimum Gasteiger partial charge on any atom is -0.449 e.